The molecule has 1 aromatic carbocycles. The number of aromatic carboxylic acids is 1. The van der Waals surface area contributed by atoms with E-state index in [0.717, 1.165) is 5.56 Å². The molecule has 2 heterocycles. The second-order valence-electron chi connectivity index (χ2n) is 6.35. The first kappa shape index (κ1) is 20.9. The van der Waals surface area contributed by atoms with E-state index in [1.54, 1.807) is 17.1 Å². The van der Waals surface area contributed by atoms with Gasteiger partial charge in [0.2, 0.25) is 5.91 Å². The quantitative estimate of drug-likeness (QED) is 0.523. The zero-order valence-corrected chi connectivity index (χ0v) is 16.7. The van der Waals surface area contributed by atoms with Gasteiger partial charge in [-0.05, 0) is 31.5 Å². The molecule has 3 aromatic rings. The van der Waals surface area contributed by atoms with Gasteiger partial charge in [-0.1, -0.05) is 6.07 Å². The summed E-state index contributed by atoms with van der Waals surface area (Å²) in [6.07, 6.45) is 5.75. The van der Waals surface area contributed by atoms with Crippen LogP contribution in [0.25, 0.3) is 0 Å². The van der Waals surface area contributed by atoms with Gasteiger partial charge < -0.3 is 19.9 Å². The maximum absolute atomic E-state index is 12.2. The molecule has 10 nitrogen and oxygen atoms in total. The Morgan fingerprint density at radius 2 is 1.77 bits per heavy atom. The van der Waals surface area contributed by atoms with Gasteiger partial charge in [0.15, 0.2) is 11.5 Å². The van der Waals surface area contributed by atoms with Gasteiger partial charge in [-0.2, -0.15) is 10.2 Å². The number of anilines is 1. The highest BCUT2D eigenvalue weighted by Gasteiger charge is 2.11. The number of carboxylic acids is 1. The first-order chi connectivity index (χ1) is 14.5. The minimum atomic E-state index is -1.09. The zero-order valence-electron chi connectivity index (χ0n) is 16.7. The van der Waals surface area contributed by atoms with E-state index < -0.39 is 5.97 Å². The number of hydrogen-bond donors (Lipinski definition) is 2. The number of carbonyl (C=O) groups is 2. The third kappa shape index (κ3) is 5.37. The fraction of sp³-hybridized carbons (Fsp3) is 0.300. The van der Waals surface area contributed by atoms with Gasteiger partial charge in [-0.3, -0.25) is 14.2 Å². The highest BCUT2D eigenvalue weighted by molar-refractivity contribution is 5.90. The van der Waals surface area contributed by atoms with Gasteiger partial charge in [0.1, 0.15) is 6.54 Å². The topological polar surface area (TPSA) is 120 Å². The Morgan fingerprint density at radius 3 is 2.47 bits per heavy atom. The maximum Gasteiger partial charge on any atom is 0.338 e. The predicted molar refractivity (Wildman–Crippen MR) is 108 cm³/mol. The van der Waals surface area contributed by atoms with Crippen LogP contribution in [0.2, 0.25) is 0 Å². The molecule has 0 aliphatic carbocycles. The molecule has 2 aromatic heterocycles. The van der Waals surface area contributed by atoms with Crippen LogP contribution in [0.3, 0.4) is 0 Å². The first-order valence-electron chi connectivity index (χ1n) is 9.45. The summed E-state index contributed by atoms with van der Waals surface area (Å²) >= 11 is 0. The van der Waals surface area contributed by atoms with Crippen molar-refractivity contribution < 1.29 is 24.2 Å². The van der Waals surface area contributed by atoms with E-state index in [2.05, 4.69) is 15.5 Å². The van der Waals surface area contributed by atoms with E-state index in [4.69, 9.17) is 14.6 Å². The van der Waals surface area contributed by atoms with Gasteiger partial charge >= 0.3 is 5.97 Å². The Bertz CT molecular complexity index is 1030. The van der Waals surface area contributed by atoms with Crippen LogP contribution in [0, 0.1) is 0 Å². The normalized spacial score (nSPS) is 10.6. The summed E-state index contributed by atoms with van der Waals surface area (Å²) in [6.45, 7) is 5.30. The largest absolute Gasteiger partial charge is 0.490 e. The van der Waals surface area contributed by atoms with Gasteiger partial charge in [0, 0.05) is 12.4 Å². The van der Waals surface area contributed by atoms with E-state index in [9.17, 15) is 9.59 Å². The fourth-order valence-corrected chi connectivity index (χ4v) is 2.80. The molecule has 0 atom stereocenters. The van der Waals surface area contributed by atoms with Crippen LogP contribution in [0.15, 0.2) is 43.0 Å². The number of aromatic nitrogens is 4. The lowest BCUT2D eigenvalue weighted by Gasteiger charge is -2.12. The number of carbonyl (C=O) groups excluding carboxylic acids is 1. The molecule has 0 unspecified atom stereocenters. The fourth-order valence-electron chi connectivity index (χ4n) is 2.80. The summed E-state index contributed by atoms with van der Waals surface area (Å²) in [4.78, 5) is 23.0. The lowest BCUT2D eigenvalue weighted by molar-refractivity contribution is -0.116. The second kappa shape index (κ2) is 9.59. The zero-order chi connectivity index (χ0) is 21.5. The lowest BCUT2D eigenvalue weighted by Crippen LogP contribution is -2.18. The molecular weight excluding hydrogens is 390 g/mol. The molecule has 0 fully saturated rings. The van der Waals surface area contributed by atoms with Gasteiger partial charge in [-0.25, -0.2) is 4.79 Å². The smallest absolute Gasteiger partial charge is 0.338 e. The minimum absolute atomic E-state index is 0.0254. The summed E-state index contributed by atoms with van der Waals surface area (Å²) in [5.41, 5.74) is 1.53. The van der Waals surface area contributed by atoms with Crippen LogP contribution in [0.5, 0.6) is 11.5 Å². The molecule has 0 saturated heterocycles. The standard InChI is InChI=1S/C20H23N5O5/c1-3-29-17-6-5-14(7-18(17)30-4-2)10-24-12-16(9-22-24)23-19(26)13-25-11-15(8-21-25)20(27)28/h5-9,11-12H,3-4,10,13H2,1-2H3,(H,23,26)(H,27,28). The summed E-state index contributed by atoms with van der Waals surface area (Å²) < 4.78 is 14.2. The molecular formula is C20H23N5O5. The number of ether oxygens (including phenoxy) is 2. The van der Waals surface area contributed by atoms with Crippen molar-refractivity contribution in [2.75, 3.05) is 18.5 Å². The Hall–Kier alpha value is -3.82. The summed E-state index contributed by atoms with van der Waals surface area (Å²) in [5, 5.41) is 19.7. The highest BCUT2D eigenvalue weighted by atomic mass is 16.5. The van der Waals surface area contributed by atoms with E-state index in [0.29, 0.717) is 36.9 Å². The van der Waals surface area contributed by atoms with Crippen molar-refractivity contribution in [2.24, 2.45) is 0 Å². The van der Waals surface area contributed by atoms with Crippen molar-refractivity contribution in [2.45, 2.75) is 26.9 Å². The molecule has 0 saturated carbocycles. The highest BCUT2D eigenvalue weighted by Crippen LogP contribution is 2.28. The Kier molecular flexibility index (Phi) is 6.68. The van der Waals surface area contributed by atoms with Crippen LogP contribution in [-0.4, -0.2) is 49.8 Å². The molecule has 0 aliphatic rings. The molecule has 10 heteroatoms. The van der Waals surface area contributed by atoms with Crippen molar-refractivity contribution in [3.8, 4) is 11.5 Å². The summed E-state index contributed by atoms with van der Waals surface area (Å²) in [7, 11) is 0. The van der Waals surface area contributed by atoms with Gasteiger partial charge in [-0.15, -0.1) is 0 Å². The Balaban J connectivity index is 1.61. The number of hydrogen-bond acceptors (Lipinski definition) is 6. The number of nitrogens with zero attached hydrogens (tertiary/aromatic N) is 4. The van der Waals surface area contributed by atoms with E-state index in [1.165, 1.54) is 17.1 Å². The summed E-state index contributed by atoms with van der Waals surface area (Å²) in [5.74, 6) is -0.0577. The molecule has 3 rings (SSSR count). The first-order valence-corrected chi connectivity index (χ1v) is 9.45. The maximum atomic E-state index is 12.2. The number of rotatable bonds is 10. The van der Waals surface area contributed by atoms with Crippen molar-refractivity contribution in [3.63, 3.8) is 0 Å². The SMILES string of the molecule is CCOc1ccc(Cn2cc(NC(=O)Cn3cc(C(=O)O)cn3)cn2)cc1OCC. The number of nitrogens with one attached hydrogen (secondary N) is 1. The monoisotopic (exact) mass is 413 g/mol. The summed E-state index contributed by atoms with van der Waals surface area (Å²) in [6, 6.07) is 5.71. The van der Waals surface area contributed by atoms with Crippen LogP contribution in [-0.2, 0) is 17.9 Å². The van der Waals surface area contributed by atoms with Crippen LogP contribution in [0.4, 0.5) is 5.69 Å². The van der Waals surface area contributed by atoms with Crippen molar-refractivity contribution in [3.05, 3.63) is 54.1 Å². The minimum Gasteiger partial charge on any atom is -0.490 e. The van der Waals surface area contributed by atoms with Gasteiger partial charge in [0.05, 0.1) is 43.4 Å². The molecule has 2 N–H and O–H groups in total. The van der Waals surface area contributed by atoms with Crippen molar-refractivity contribution in [1.82, 2.24) is 19.6 Å². The molecule has 158 valence electrons. The van der Waals surface area contributed by atoms with E-state index in [1.807, 2.05) is 32.0 Å². The molecule has 0 bridgehead atoms. The average Bonchev–Trinajstić information content (AvgIpc) is 3.34. The van der Waals surface area contributed by atoms with Gasteiger partial charge in [0.25, 0.3) is 0 Å². The van der Waals surface area contributed by atoms with Crippen LogP contribution >= 0.6 is 0 Å². The third-order valence-corrected chi connectivity index (χ3v) is 4.06. The number of benzene rings is 1. The number of amides is 1. The predicted octanol–water partition coefficient (Wildman–Crippen LogP) is 2.26. The molecule has 30 heavy (non-hydrogen) atoms. The Morgan fingerprint density at radius 1 is 1.03 bits per heavy atom. The van der Waals surface area contributed by atoms with E-state index >= 15 is 0 Å². The molecule has 0 spiro atoms. The van der Waals surface area contributed by atoms with E-state index in [-0.39, 0.29) is 18.0 Å². The van der Waals surface area contributed by atoms with Crippen LogP contribution < -0.4 is 14.8 Å². The molecule has 1 amide bonds. The lowest BCUT2D eigenvalue weighted by atomic mass is 10.2. The third-order valence-electron chi connectivity index (χ3n) is 4.06. The van der Waals surface area contributed by atoms with Crippen molar-refractivity contribution in [1.29, 1.82) is 0 Å². The van der Waals surface area contributed by atoms with Crippen LogP contribution in [0.1, 0.15) is 29.8 Å². The molecule has 0 radical (unpaired) electrons. The van der Waals surface area contributed by atoms with Crippen molar-refractivity contribution >= 4 is 17.6 Å². The average molecular weight is 413 g/mol. The second-order valence-corrected chi connectivity index (χ2v) is 6.35. The molecule has 0 aliphatic heterocycles. The number of carboxylic acid groups (broad SMARTS) is 1. The Labute approximate surface area is 173 Å².